The minimum Gasteiger partial charge on any atom is -0.258 e. The summed E-state index contributed by atoms with van der Waals surface area (Å²) >= 11 is 0. The standard InChI is InChI=1S/C14H14.C6H4N2O4/c1-3-7-13(8-4-1)11-12-14-9-5-2-6-10-14;9-7(10)5-2-1-3-6(4-5)8(11)12/h1-10H,11-12H2;1-4H. The molecule has 0 bridgehead atoms. The molecule has 0 atom stereocenters. The third-order valence-electron chi connectivity index (χ3n) is 3.64. The number of rotatable bonds is 5. The molecule has 0 N–H and O–H groups in total. The monoisotopic (exact) mass is 350 g/mol. The second kappa shape index (κ2) is 9.68. The zero-order chi connectivity index (χ0) is 18.8. The van der Waals surface area contributed by atoms with E-state index in [2.05, 4.69) is 60.7 Å². The third kappa shape index (κ3) is 6.16. The van der Waals surface area contributed by atoms with Gasteiger partial charge in [-0.15, -0.1) is 0 Å². The molecule has 0 amide bonds. The van der Waals surface area contributed by atoms with E-state index in [4.69, 9.17) is 0 Å². The van der Waals surface area contributed by atoms with Crippen molar-refractivity contribution in [3.63, 3.8) is 0 Å². The van der Waals surface area contributed by atoms with Gasteiger partial charge in [0.1, 0.15) is 0 Å². The van der Waals surface area contributed by atoms with Gasteiger partial charge in [0.05, 0.1) is 15.9 Å². The van der Waals surface area contributed by atoms with Gasteiger partial charge >= 0.3 is 0 Å². The summed E-state index contributed by atoms with van der Waals surface area (Å²) in [6.45, 7) is 0. The molecule has 3 rings (SSSR count). The molecule has 6 heteroatoms. The molecule has 0 aliphatic rings. The van der Waals surface area contributed by atoms with Gasteiger partial charge in [-0.2, -0.15) is 0 Å². The summed E-state index contributed by atoms with van der Waals surface area (Å²) in [6.07, 6.45) is 2.26. The van der Waals surface area contributed by atoms with Crippen LogP contribution in [0.5, 0.6) is 0 Å². The van der Waals surface area contributed by atoms with E-state index in [0.717, 1.165) is 18.9 Å². The van der Waals surface area contributed by atoms with E-state index in [1.165, 1.54) is 29.3 Å². The van der Waals surface area contributed by atoms with Gasteiger partial charge in [-0.3, -0.25) is 20.2 Å². The van der Waals surface area contributed by atoms with Crippen LogP contribution in [0, 0.1) is 20.2 Å². The van der Waals surface area contributed by atoms with Gasteiger partial charge in [-0.05, 0) is 30.0 Å². The summed E-state index contributed by atoms with van der Waals surface area (Å²) in [5.74, 6) is 0. The number of aryl methyl sites for hydroxylation is 2. The Bertz CT molecular complexity index is 783. The normalized spacial score (nSPS) is 9.69. The van der Waals surface area contributed by atoms with Crippen LogP contribution < -0.4 is 0 Å². The van der Waals surface area contributed by atoms with Crippen LogP contribution in [0.2, 0.25) is 0 Å². The molecular weight excluding hydrogens is 332 g/mol. The van der Waals surface area contributed by atoms with Crippen LogP contribution in [0.1, 0.15) is 11.1 Å². The molecule has 0 aliphatic carbocycles. The summed E-state index contributed by atoms with van der Waals surface area (Å²) in [5.41, 5.74) is 2.28. The van der Waals surface area contributed by atoms with Crippen LogP contribution in [0.15, 0.2) is 84.9 Å². The summed E-state index contributed by atoms with van der Waals surface area (Å²) < 4.78 is 0. The number of benzene rings is 3. The first-order valence-corrected chi connectivity index (χ1v) is 8.03. The largest absolute Gasteiger partial charge is 0.276 e. The molecule has 0 radical (unpaired) electrons. The van der Waals surface area contributed by atoms with Gasteiger partial charge in [0.15, 0.2) is 0 Å². The molecular formula is C20H18N2O4. The summed E-state index contributed by atoms with van der Waals surface area (Å²) in [4.78, 5) is 19.0. The quantitative estimate of drug-likeness (QED) is 0.480. The molecule has 0 fully saturated rings. The number of hydrogen-bond donors (Lipinski definition) is 0. The molecule has 0 aromatic heterocycles. The van der Waals surface area contributed by atoms with Gasteiger partial charge in [0.2, 0.25) is 0 Å². The Labute approximate surface area is 151 Å². The van der Waals surface area contributed by atoms with Crippen molar-refractivity contribution in [1.82, 2.24) is 0 Å². The Morgan fingerprint density at radius 2 is 0.962 bits per heavy atom. The van der Waals surface area contributed by atoms with Crippen LogP contribution >= 0.6 is 0 Å². The smallest absolute Gasteiger partial charge is 0.258 e. The number of nitro groups is 2. The van der Waals surface area contributed by atoms with Gasteiger partial charge in [-0.25, -0.2) is 0 Å². The van der Waals surface area contributed by atoms with E-state index < -0.39 is 9.85 Å². The van der Waals surface area contributed by atoms with E-state index in [9.17, 15) is 20.2 Å². The summed E-state index contributed by atoms with van der Waals surface area (Å²) in [5, 5.41) is 20.3. The Balaban J connectivity index is 0.000000190. The third-order valence-corrected chi connectivity index (χ3v) is 3.64. The van der Waals surface area contributed by atoms with Crippen molar-refractivity contribution >= 4 is 11.4 Å². The maximum atomic E-state index is 10.2. The molecule has 3 aromatic rings. The molecule has 0 unspecified atom stereocenters. The minimum atomic E-state index is -0.674. The van der Waals surface area contributed by atoms with Gasteiger partial charge in [0, 0.05) is 12.1 Å². The lowest BCUT2D eigenvalue weighted by Gasteiger charge is -2.01. The first-order chi connectivity index (χ1) is 12.6. The molecule has 6 nitrogen and oxygen atoms in total. The Morgan fingerprint density at radius 3 is 1.31 bits per heavy atom. The molecule has 0 spiro atoms. The maximum absolute atomic E-state index is 10.2. The fourth-order valence-electron chi connectivity index (χ4n) is 2.30. The van der Waals surface area contributed by atoms with Crippen LogP contribution in [-0.2, 0) is 12.8 Å². The van der Waals surface area contributed by atoms with Crippen molar-refractivity contribution in [1.29, 1.82) is 0 Å². The molecule has 26 heavy (non-hydrogen) atoms. The van der Waals surface area contributed by atoms with Crippen LogP contribution in [0.3, 0.4) is 0 Å². The summed E-state index contributed by atoms with van der Waals surface area (Å²) in [7, 11) is 0. The van der Waals surface area contributed by atoms with Crippen molar-refractivity contribution in [3.05, 3.63) is 116 Å². The highest BCUT2D eigenvalue weighted by Gasteiger charge is 2.11. The van der Waals surface area contributed by atoms with E-state index in [1.54, 1.807) is 0 Å². The van der Waals surface area contributed by atoms with Crippen molar-refractivity contribution in [3.8, 4) is 0 Å². The molecule has 0 aliphatic heterocycles. The zero-order valence-electron chi connectivity index (χ0n) is 14.0. The molecule has 0 saturated heterocycles. The average molecular weight is 350 g/mol. The first-order valence-electron chi connectivity index (χ1n) is 8.03. The molecule has 3 aromatic carbocycles. The molecule has 132 valence electrons. The number of non-ortho nitro benzene ring substituents is 2. The van der Waals surface area contributed by atoms with Gasteiger partial charge in [-0.1, -0.05) is 60.7 Å². The average Bonchev–Trinajstić information content (AvgIpc) is 2.68. The molecule has 0 saturated carbocycles. The van der Waals surface area contributed by atoms with Crippen molar-refractivity contribution in [2.24, 2.45) is 0 Å². The van der Waals surface area contributed by atoms with E-state index in [0.29, 0.717) is 0 Å². The van der Waals surface area contributed by atoms with Crippen LogP contribution in [0.4, 0.5) is 11.4 Å². The highest BCUT2D eigenvalue weighted by molar-refractivity contribution is 5.42. The topological polar surface area (TPSA) is 86.3 Å². The maximum Gasteiger partial charge on any atom is 0.276 e. The Hall–Kier alpha value is -3.54. The van der Waals surface area contributed by atoms with Crippen molar-refractivity contribution < 1.29 is 9.85 Å². The highest BCUT2D eigenvalue weighted by atomic mass is 16.6. The zero-order valence-corrected chi connectivity index (χ0v) is 14.0. The summed E-state index contributed by atoms with van der Waals surface area (Å²) in [6, 6.07) is 25.8. The number of nitrogens with zero attached hydrogens (tertiary/aromatic N) is 2. The second-order valence-corrected chi connectivity index (χ2v) is 5.51. The SMILES string of the molecule is O=[N+]([O-])c1cccc([N+](=O)[O-])c1.c1ccc(CCc2ccccc2)cc1. The van der Waals surface area contributed by atoms with Gasteiger partial charge in [0.25, 0.3) is 11.4 Å². The Kier molecular flexibility index (Phi) is 7.00. The highest BCUT2D eigenvalue weighted by Crippen LogP contribution is 2.18. The number of nitro benzene ring substituents is 2. The molecule has 0 heterocycles. The van der Waals surface area contributed by atoms with Gasteiger partial charge < -0.3 is 0 Å². The van der Waals surface area contributed by atoms with Crippen LogP contribution in [0.25, 0.3) is 0 Å². The van der Waals surface area contributed by atoms with E-state index in [-0.39, 0.29) is 11.4 Å². The van der Waals surface area contributed by atoms with Crippen molar-refractivity contribution in [2.75, 3.05) is 0 Å². The lowest BCUT2D eigenvalue weighted by Crippen LogP contribution is -1.91. The predicted molar refractivity (Wildman–Crippen MR) is 100 cm³/mol. The minimum absolute atomic E-state index is 0.274. The fourth-order valence-corrected chi connectivity index (χ4v) is 2.30. The van der Waals surface area contributed by atoms with Crippen LogP contribution in [-0.4, -0.2) is 9.85 Å². The Morgan fingerprint density at radius 1 is 0.577 bits per heavy atom. The number of hydrogen-bond acceptors (Lipinski definition) is 4. The fraction of sp³-hybridized carbons (Fsp3) is 0.100. The lowest BCUT2D eigenvalue weighted by atomic mass is 10.0. The van der Waals surface area contributed by atoms with E-state index >= 15 is 0 Å². The van der Waals surface area contributed by atoms with E-state index in [1.807, 2.05) is 0 Å². The lowest BCUT2D eigenvalue weighted by molar-refractivity contribution is -0.394. The van der Waals surface area contributed by atoms with Crippen molar-refractivity contribution in [2.45, 2.75) is 12.8 Å². The second-order valence-electron chi connectivity index (χ2n) is 5.51. The first kappa shape index (κ1) is 18.8. The predicted octanol–water partition coefficient (Wildman–Crippen LogP) is 4.97.